The molecule has 0 saturated heterocycles. The van der Waals surface area contributed by atoms with E-state index in [0.717, 1.165) is 16.7 Å². The van der Waals surface area contributed by atoms with Crippen LogP contribution in [0.5, 0.6) is 0 Å². The Bertz CT molecular complexity index is 675. The first-order chi connectivity index (χ1) is 10.8. The normalized spacial score (nSPS) is 11.4. The van der Waals surface area contributed by atoms with Gasteiger partial charge in [-0.05, 0) is 23.6 Å². The minimum atomic E-state index is -0.587. The van der Waals surface area contributed by atoms with Crippen molar-refractivity contribution in [1.29, 1.82) is 0 Å². The molecular weight excluding hydrogens is 268 g/mol. The Morgan fingerprint density at radius 1 is 0.591 bits per heavy atom. The molecule has 0 fully saturated rings. The van der Waals surface area contributed by atoms with Crippen molar-refractivity contribution in [3.05, 3.63) is 107 Å². The van der Waals surface area contributed by atoms with E-state index in [0.29, 0.717) is 0 Å². The van der Waals surface area contributed by atoms with Gasteiger partial charge in [0.25, 0.3) is 0 Å². The maximum absolute atomic E-state index is 6.14. The maximum Gasteiger partial charge on any atom is 0.143 e. The predicted octanol–water partition coefficient (Wildman–Crippen LogP) is 4.93. The van der Waals surface area contributed by atoms with Gasteiger partial charge in [0.1, 0.15) is 5.60 Å². The average molecular weight is 288 g/mol. The summed E-state index contributed by atoms with van der Waals surface area (Å²) in [6, 6.07) is 29.3. The van der Waals surface area contributed by atoms with Gasteiger partial charge in [-0.15, -0.1) is 0 Å². The molecule has 1 nitrogen and oxygen atoms in total. The lowest BCUT2D eigenvalue weighted by atomic mass is 9.80. The zero-order chi connectivity index (χ0) is 15.4. The van der Waals surface area contributed by atoms with Crippen molar-refractivity contribution in [3.8, 4) is 0 Å². The van der Waals surface area contributed by atoms with Gasteiger partial charge in [-0.2, -0.15) is 0 Å². The molecule has 3 rings (SSSR count). The second-order valence-electron chi connectivity index (χ2n) is 5.48. The molecule has 0 aliphatic carbocycles. The van der Waals surface area contributed by atoms with E-state index in [9.17, 15) is 0 Å². The molecule has 0 amide bonds. The quantitative estimate of drug-likeness (QED) is 0.618. The molecule has 0 bridgehead atoms. The molecular formula is C21H20O. The average Bonchev–Trinajstić information content (AvgIpc) is 2.59. The molecule has 0 atom stereocenters. The van der Waals surface area contributed by atoms with E-state index >= 15 is 0 Å². The van der Waals surface area contributed by atoms with Crippen LogP contribution in [0.4, 0.5) is 0 Å². The van der Waals surface area contributed by atoms with Crippen molar-refractivity contribution in [1.82, 2.24) is 0 Å². The minimum absolute atomic E-state index is 0.587. The summed E-state index contributed by atoms with van der Waals surface area (Å²) in [5.74, 6) is 0. The third-order valence-electron chi connectivity index (χ3n) is 4.12. The number of hydrogen-bond donors (Lipinski definition) is 0. The molecule has 0 saturated carbocycles. The van der Waals surface area contributed by atoms with Crippen LogP contribution in [0.3, 0.4) is 0 Å². The molecule has 0 unspecified atom stereocenters. The third-order valence-corrected chi connectivity index (χ3v) is 4.12. The Morgan fingerprint density at radius 3 is 1.41 bits per heavy atom. The summed E-state index contributed by atoms with van der Waals surface area (Å²) in [7, 11) is 1.78. The smallest absolute Gasteiger partial charge is 0.143 e. The van der Waals surface area contributed by atoms with E-state index in [1.807, 2.05) is 12.1 Å². The van der Waals surface area contributed by atoms with Gasteiger partial charge in [-0.1, -0.05) is 90.5 Å². The van der Waals surface area contributed by atoms with Gasteiger partial charge in [0, 0.05) is 7.11 Å². The van der Waals surface area contributed by atoms with Gasteiger partial charge in [0.05, 0.1) is 0 Å². The van der Waals surface area contributed by atoms with E-state index in [-0.39, 0.29) is 0 Å². The van der Waals surface area contributed by atoms with Crippen LogP contribution in [0.1, 0.15) is 22.3 Å². The number of methoxy groups -OCH3 is 1. The molecule has 3 aromatic carbocycles. The lowest BCUT2D eigenvalue weighted by Gasteiger charge is -2.34. The zero-order valence-corrected chi connectivity index (χ0v) is 13.0. The lowest BCUT2D eigenvalue weighted by Crippen LogP contribution is -2.31. The Hall–Kier alpha value is -2.38. The first-order valence-electron chi connectivity index (χ1n) is 7.51. The molecule has 0 aliphatic heterocycles. The molecule has 3 aromatic rings. The van der Waals surface area contributed by atoms with Gasteiger partial charge < -0.3 is 4.74 Å². The van der Waals surface area contributed by atoms with Crippen molar-refractivity contribution < 1.29 is 4.74 Å². The molecule has 1 heteroatoms. The summed E-state index contributed by atoms with van der Waals surface area (Å²) in [4.78, 5) is 0. The molecule has 0 aliphatic rings. The molecule has 0 radical (unpaired) electrons. The fourth-order valence-electron chi connectivity index (χ4n) is 2.99. The van der Waals surface area contributed by atoms with Crippen LogP contribution in [0.2, 0.25) is 0 Å². The van der Waals surface area contributed by atoms with Crippen molar-refractivity contribution in [2.45, 2.75) is 12.5 Å². The summed E-state index contributed by atoms with van der Waals surface area (Å²) in [6.07, 6.45) is 0. The molecule has 0 heterocycles. The fourth-order valence-corrected chi connectivity index (χ4v) is 2.99. The van der Waals surface area contributed by atoms with Crippen LogP contribution >= 0.6 is 0 Å². The van der Waals surface area contributed by atoms with Crippen LogP contribution in [-0.4, -0.2) is 7.11 Å². The first-order valence-corrected chi connectivity index (χ1v) is 7.51. The van der Waals surface area contributed by atoms with E-state index in [4.69, 9.17) is 4.74 Å². The van der Waals surface area contributed by atoms with E-state index in [2.05, 4.69) is 79.7 Å². The predicted molar refractivity (Wildman–Crippen MR) is 91.0 cm³/mol. The monoisotopic (exact) mass is 288 g/mol. The second kappa shape index (κ2) is 6.17. The fraction of sp³-hybridized carbons (Fsp3) is 0.143. The maximum atomic E-state index is 6.14. The highest BCUT2D eigenvalue weighted by Gasteiger charge is 2.36. The van der Waals surface area contributed by atoms with Gasteiger partial charge in [-0.3, -0.25) is 0 Å². The van der Waals surface area contributed by atoms with Crippen molar-refractivity contribution >= 4 is 0 Å². The molecule has 110 valence electrons. The largest absolute Gasteiger partial charge is 0.364 e. The van der Waals surface area contributed by atoms with Crippen LogP contribution in [-0.2, 0) is 10.3 Å². The van der Waals surface area contributed by atoms with Crippen molar-refractivity contribution in [2.24, 2.45) is 0 Å². The summed E-state index contributed by atoms with van der Waals surface area (Å²) in [5.41, 5.74) is 4.06. The number of hydrogen-bond acceptors (Lipinski definition) is 1. The highest BCUT2D eigenvalue weighted by atomic mass is 16.5. The van der Waals surface area contributed by atoms with Crippen LogP contribution in [0, 0.1) is 6.92 Å². The van der Waals surface area contributed by atoms with Gasteiger partial charge in [0.15, 0.2) is 0 Å². The summed E-state index contributed by atoms with van der Waals surface area (Å²) in [6.45, 7) is 2.10. The molecule has 0 aromatic heterocycles. The summed E-state index contributed by atoms with van der Waals surface area (Å²) >= 11 is 0. The second-order valence-corrected chi connectivity index (χ2v) is 5.48. The standard InChI is InChI=1S/C21H20O/c1-17-13-15-20(16-14-17)21(22-2,18-9-5-3-6-10-18)19-11-7-4-8-12-19/h3-16H,1-2H3. The Labute approximate surface area is 132 Å². The summed E-state index contributed by atoms with van der Waals surface area (Å²) in [5, 5.41) is 0. The number of aryl methyl sites for hydroxylation is 1. The number of benzene rings is 3. The topological polar surface area (TPSA) is 9.23 Å². The SMILES string of the molecule is COC(c1ccccc1)(c1ccccc1)c1ccc(C)cc1. The van der Waals surface area contributed by atoms with Crippen molar-refractivity contribution in [3.63, 3.8) is 0 Å². The van der Waals surface area contributed by atoms with Crippen molar-refractivity contribution in [2.75, 3.05) is 7.11 Å². The Kier molecular flexibility index (Phi) is 4.08. The number of rotatable bonds is 4. The van der Waals surface area contributed by atoms with Crippen LogP contribution in [0.25, 0.3) is 0 Å². The Balaban J connectivity index is 2.28. The van der Waals surface area contributed by atoms with E-state index in [1.165, 1.54) is 5.56 Å². The number of ether oxygens (including phenoxy) is 1. The highest BCUT2D eigenvalue weighted by Crippen LogP contribution is 2.39. The van der Waals surface area contributed by atoms with Gasteiger partial charge in [-0.25, -0.2) is 0 Å². The minimum Gasteiger partial charge on any atom is -0.364 e. The molecule has 0 N–H and O–H groups in total. The molecule has 22 heavy (non-hydrogen) atoms. The van der Waals surface area contributed by atoms with E-state index in [1.54, 1.807) is 7.11 Å². The Morgan fingerprint density at radius 2 is 1.00 bits per heavy atom. The van der Waals surface area contributed by atoms with Gasteiger partial charge >= 0.3 is 0 Å². The van der Waals surface area contributed by atoms with Gasteiger partial charge in [0.2, 0.25) is 0 Å². The zero-order valence-electron chi connectivity index (χ0n) is 13.0. The van der Waals surface area contributed by atoms with Crippen LogP contribution in [0.15, 0.2) is 84.9 Å². The van der Waals surface area contributed by atoms with Crippen LogP contribution < -0.4 is 0 Å². The van der Waals surface area contributed by atoms with E-state index < -0.39 is 5.60 Å². The summed E-state index contributed by atoms with van der Waals surface area (Å²) < 4.78 is 6.14. The highest BCUT2D eigenvalue weighted by molar-refractivity contribution is 5.47. The lowest BCUT2D eigenvalue weighted by molar-refractivity contribution is 0.0585. The third kappa shape index (κ3) is 2.44. The first kappa shape index (κ1) is 14.6. The molecule has 0 spiro atoms.